The third-order valence-electron chi connectivity index (χ3n) is 6.42. The van der Waals surface area contributed by atoms with Gasteiger partial charge in [-0.05, 0) is 77.0 Å². The van der Waals surface area contributed by atoms with E-state index in [-0.39, 0.29) is 31.2 Å². The molecule has 0 atom stereocenters. The number of carbonyl (C=O) groups is 1. The van der Waals surface area contributed by atoms with Crippen LogP contribution in [0.5, 0.6) is 0 Å². The van der Waals surface area contributed by atoms with Crippen LogP contribution < -0.4 is 11.2 Å². The Morgan fingerprint density at radius 2 is 1.70 bits per heavy atom. The number of hydrogen-bond acceptors (Lipinski definition) is 6. The number of esters is 1. The summed E-state index contributed by atoms with van der Waals surface area (Å²) in [7, 11) is 0. The van der Waals surface area contributed by atoms with E-state index in [1.807, 2.05) is 38.1 Å². The Morgan fingerprint density at radius 3 is 2.38 bits per heavy atom. The number of halogens is 3. The Kier molecular flexibility index (Phi) is 13.5. The number of benzene rings is 1. The highest BCUT2D eigenvalue weighted by molar-refractivity contribution is 8.01. The van der Waals surface area contributed by atoms with E-state index in [0.29, 0.717) is 19.4 Å². The number of rotatable bonds is 17. The Labute approximate surface area is 238 Å². The molecule has 224 valence electrons. The molecular weight excluding hydrogens is 543 g/mol. The van der Waals surface area contributed by atoms with Gasteiger partial charge in [-0.3, -0.25) is 14.2 Å². The first kappa shape index (κ1) is 33.6. The van der Waals surface area contributed by atoms with E-state index in [0.717, 1.165) is 53.6 Å². The topological polar surface area (TPSA) is 83.2 Å². The fourth-order valence-electron chi connectivity index (χ4n) is 4.27. The molecule has 0 fully saturated rings. The normalized spacial score (nSPS) is 12.1. The maximum atomic E-state index is 13.0. The minimum absolute atomic E-state index is 0.233. The minimum atomic E-state index is -4.34. The van der Waals surface area contributed by atoms with Gasteiger partial charge >= 0.3 is 17.8 Å². The molecule has 2 rings (SSSR count). The fourth-order valence-corrected chi connectivity index (χ4v) is 5.35. The zero-order chi connectivity index (χ0) is 29.8. The van der Waals surface area contributed by atoms with Crippen molar-refractivity contribution in [1.82, 2.24) is 14.3 Å². The first-order chi connectivity index (χ1) is 18.9. The van der Waals surface area contributed by atoms with Gasteiger partial charge in [0.25, 0.3) is 5.56 Å². The number of carbonyl (C=O) groups excluding carboxylic acids is 1. The number of aromatic nitrogens is 3. The molecule has 0 radical (unpaired) electrons. The molecule has 0 unspecified atom stereocenters. The van der Waals surface area contributed by atoms with Gasteiger partial charge in [0.1, 0.15) is 10.4 Å². The fraction of sp³-hybridized carbons (Fsp3) is 0.655. The molecule has 2 aromatic rings. The summed E-state index contributed by atoms with van der Waals surface area (Å²) in [4.78, 5) is 39.0. The van der Waals surface area contributed by atoms with Crippen LogP contribution in [0.25, 0.3) is 0 Å². The van der Waals surface area contributed by atoms with E-state index in [4.69, 9.17) is 4.74 Å². The standard InChI is InChI=1S/C29H42F3N3O4S/c1-5-7-8-9-17-24-25(36)34(19-13-18-29(30,31)32)27(38)35(33-24)20-11-10-14-22-15-12-16-23(21-22)40-28(3,4)26(37)39-6-2/h12,15-16,21H,5-11,13-14,17-20H2,1-4H3. The van der Waals surface area contributed by atoms with Crippen LogP contribution in [0.3, 0.4) is 0 Å². The average Bonchev–Trinajstić information content (AvgIpc) is 2.88. The molecule has 1 aromatic carbocycles. The highest BCUT2D eigenvalue weighted by atomic mass is 32.2. The van der Waals surface area contributed by atoms with Gasteiger partial charge in [-0.25, -0.2) is 9.48 Å². The molecule has 0 spiro atoms. The quantitative estimate of drug-likeness (QED) is 0.123. The largest absolute Gasteiger partial charge is 0.465 e. The van der Waals surface area contributed by atoms with Gasteiger partial charge in [-0.15, -0.1) is 11.8 Å². The maximum Gasteiger partial charge on any atom is 0.389 e. The van der Waals surface area contributed by atoms with Gasteiger partial charge in [0, 0.05) is 24.4 Å². The highest BCUT2D eigenvalue weighted by Crippen LogP contribution is 2.34. The molecule has 0 aliphatic heterocycles. The predicted octanol–water partition coefficient (Wildman–Crippen LogP) is 6.33. The molecule has 0 saturated heterocycles. The Balaban J connectivity index is 2.08. The van der Waals surface area contributed by atoms with Crippen molar-refractivity contribution >= 4 is 17.7 Å². The van der Waals surface area contributed by atoms with Crippen molar-refractivity contribution in [2.45, 2.75) is 121 Å². The number of nitrogens with zero attached hydrogens (tertiary/aromatic N) is 3. The Morgan fingerprint density at radius 1 is 0.975 bits per heavy atom. The molecule has 0 saturated carbocycles. The first-order valence-electron chi connectivity index (χ1n) is 14.1. The van der Waals surface area contributed by atoms with Crippen molar-refractivity contribution in [2.24, 2.45) is 0 Å². The molecule has 1 aromatic heterocycles. The molecule has 7 nitrogen and oxygen atoms in total. The van der Waals surface area contributed by atoms with Gasteiger partial charge in [0.15, 0.2) is 0 Å². The van der Waals surface area contributed by atoms with Gasteiger partial charge in [0.05, 0.1) is 6.61 Å². The van der Waals surface area contributed by atoms with E-state index in [1.54, 1.807) is 6.92 Å². The first-order valence-corrected chi connectivity index (χ1v) is 14.9. The molecule has 0 aliphatic rings. The lowest BCUT2D eigenvalue weighted by Gasteiger charge is -2.21. The molecule has 1 heterocycles. The van der Waals surface area contributed by atoms with Crippen molar-refractivity contribution in [3.05, 3.63) is 56.4 Å². The molecule has 0 bridgehead atoms. The molecule has 40 heavy (non-hydrogen) atoms. The summed E-state index contributed by atoms with van der Waals surface area (Å²) < 4.78 is 44.6. The van der Waals surface area contributed by atoms with E-state index >= 15 is 0 Å². The van der Waals surface area contributed by atoms with Crippen molar-refractivity contribution in [2.75, 3.05) is 6.61 Å². The smallest absolute Gasteiger partial charge is 0.389 e. The lowest BCUT2D eigenvalue weighted by molar-refractivity contribution is -0.145. The van der Waals surface area contributed by atoms with E-state index in [1.165, 1.54) is 16.4 Å². The molecular formula is C29H42F3N3O4S. The minimum Gasteiger partial charge on any atom is -0.465 e. The van der Waals surface area contributed by atoms with Crippen LogP contribution in [0.2, 0.25) is 0 Å². The molecule has 0 amide bonds. The SMILES string of the molecule is CCCCCCc1nn(CCCCc2cccc(SC(C)(C)C(=O)OCC)c2)c(=O)n(CCCC(F)(F)F)c1=O. The van der Waals surface area contributed by atoms with Crippen molar-refractivity contribution < 1.29 is 22.7 Å². The number of aryl methyl sites for hydroxylation is 3. The van der Waals surface area contributed by atoms with Gasteiger partial charge in [-0.2, -0.15) is 18.3 Å². The summed E-state index contributed by atoms with van der Waals surface area (Å²) in [5.74, 6) is -0.271. The van der Waals surface area contributed by atoms with Gasteiger partial charge < -0.3 is 4.74 Å². The van der Waals surface area contributed by atoms with Gasteiger partial charge in [-0.1, -0.05) is 38.3 Å². The third-order valence-corrected chi connectivity index (χ3v) is 7.58. The highest BCUT2D eigenvalue weighted by Gasteiger charge is 2.30. The molecule has 11 heteroatoms. The second-order valence-electron chi connectivity index (χ2n) is 10.4. The molecule has 0 aliphatic carbocycles. The second-order valence-corrected chi connectivity index (χ2v) is 12.1. The number of thioether (sulfide) groups is 1. The molecule has 0 N–H and O–H groups in total. The van der Waals surface area contributed by atoms with E-state index in [9.17, 15) is 27.6 Å². The van der Waals surface area contributed by atoms with Crippen LogP contribution in [0.15, 0.2) is 38.8 Å². The lowest BCUT2D eigenvalue weighted by Crippen LogP contribution is -2.43. The summed E-state index contributed by atoms with van der Waals surface area (Å²) in [6.45, 7) is 7.82. The summed E-state index contributed by atoms with van der Waals surface area (Å²) >= 11 is 1.44. The van der Waals surface area contributed by atoms with Crippen LogP contribution in [-0.2, 0) is 35.5 Å². The number of hydrogen-bond donors (Lipinski definition) is 0. The maximum absolute atomic E-state index is 13.0. The summed E-state index contributed by atoms with van der Waals surface area (Å²) in [6, 6.07) is 7.92. The summed E-state index contributed by atoms with van der Waals surface area (Å²) in [6.07, 6.45) is 0.431. The van der Waals surface area contributed by atoms with E-state index < -0.39 is 28.6 Å². The Hall–Kier alpha value is -2.56. The van der Waals surface area contributed by atoms with Crippen LogP contribution >= 0.6 is 11.8 Å². The van der Waals surface area contributed by atoms with Crippen LogP contribution in [-0.4, -0.2) is 37.8 Å². The van der Waals surface area contributed by atoms with Crippen LogP contribution in [0.1, 0.15) is 90.3 Å². The van der Waals surface area contributed by atoms with Crippen molar-refractivity contribution in [3.63, 3.8) is 0 Å². The zero-order valence-corrected chi connectivity index (χ0v) is 24.8. The summed E-state index contributed by atoms with van der Waals surface area (Å²) in [5, 5.41) is 4.32. The lowest BCUT2D eigenvalue weighted by atomic mass is 10.1. The number of unbranched alkanes of at least 4 members (excludes halogenated alkanes) is 4. The monoisotopic (exact) mass is 585 g/mol. The zero-order valence-electron chi connectivity index (χ0n) is 24.0. The van der Waals surface area contributed by atoms with Crippen molar-refractivity contribution in [3.8, 4) is 0 Å². The number of ether oxygens (including phenoxy) is 1. The van der Waals surface area contributed by atoms with E-state index in [2.05, 4.69) is 12.0 Å². The predicted molar refractivity (Wildman–Crippen MR) is 152 cm³/mol. The summed E-state index contributed by atoms with van der Waals surface area (Å²) in [5.41, 5.74) is 0.0689. The Bertz CT molecular complexity index is 1210. The average molecular weight is 586 g/mol. The second kappa shape index (κ2) is 16.0. The van der Waals surface area contributed by atoms with Crippen molar-refractivity contribution in [1.29, 1.82) is 0 Å². The van der Waals surface area contributed by atoms with Gasteiger partial charge in [0.2, 0.25) is 0 Å². The van der Waals surface area contributed by atoms with Crippen LogP contribution in [0, 0.1) is 0 Å². The third kappa shape index (κ3) is 11.1. The number of alkyl halides is 3. The van der Waals surface area contributed by atoms with Crippen LogP contribution in [0.4, 0.5) is 13.2 Å².